The van der Waals surface area contributed by atoms with E-state index in [9.17, 15) is 17.6 Å². The van der Waals surface area contributed by atoms with Gasteiger partial charge in [0.05, 0.1) is 6.26 Å². The maximum absolute atomic E-state index is 13.1. The van der Waals surface area contributed by atoms with Crippen molar-refractivity contribution in [2.45, 2.75) is 13.0 Å². The van der Waals surface area contributed by atoms with Crippen LogP contribution in [-0.4, -0.2) is 31.4 Å². The van der Waals surface area contributed by atoms with Crippen LogP contribution in [0.2, 0.25) is 5.02 Å². The van der Waals surface area contributed by atoms with Gasteiger partial charge >= 0.3 is 0 Å². The van der Waals surface area contributed by atoms with Gasteiger partial charge in [-0.25, -0.2) is 12.8 Å². The Kier molecular flexibility index (Phi) is 6.52. The van der Waals surface area contributed by atoms with Crippen LogP contribution in [0.1, 0.15) is 12.0 Å². The lowest BCUT2D eigenvalue weighted by molar-refractivity contribution is -0.116. The van der Waals surface area contributed by atoms with Crippen molar-refractivity contribution in [3.05, 3.63) is 64.9 Å². The molecule has 1 N–H and O–H groups in total. The van der Waals surface area contributed by atoms with E-state index in [0.29, 0.717) is 16.3 Å². The molecular formula is C17H18ClFN2O3S. The third-order valence-electron chi connectivity index (χ3n) is 3.47. The van der Waals surface area contributed by atoms with Crippen molar-refractivity contribution < 1.29 is 17.6 Å². The number of hydrogen-bond acceptors (Lipinski definition) is 3. The number of benzene rings is 2. The molecule has 0 aliphatic carbocycles. The Morgan fingerprint density at radius 3 is 2.56 bits per heavy atom. The van der Waals surface area contributed by atoms with Crippen molar-refractivity contribution in [3.8, 4) is 0 Å². The van der Waals surface area contributed by atoms with E-state index in [-0.39, 0.29) is 19.5 Å². The molecule has 5 nitrogen and oxygen atoms in total. The quantitative estimate of drug-likeness (QED) is 0.796. The predicted octanol–water partition coefficient (Wildman–Crippen LogP) is 3.27. The fourth-order valence-electron chi connectivity index (χ4n) is 2.19. The van der Waals surface area contributed by atoms with Crippen molar-refractivity contribution in [1.82, 2.24) is 4.31 Å². The monoisotopic (exact) mass is 384 g/mol. The van der Waals surface area contributed by atoms with Crippen LogP contribution >= 0.6 is 11.6 Å². The Labute approximate surface area is 151 Å². The highest BCUT2D eigenvalue weighted by Gasteiger charge is 2.19. The molecule has 2 aromatic carbocycles. The van der Waals surface area contributed by atoms with Crippen LogP contribution in [0, 0.1) is 5.82 Å². The molecule has 0 bridgehead atoms. The fraction of sp³-hybridized carbons (Fsp3) is 0.235. The van der Waals surface area contributed by atoms with Crippen LogP contribution in [0.15, 0.2) is 48.5 Å². The van der Waals surface area contributed by atoms with Gasteiger partial charge in [0.15, 0.2) is 0 Å². The summed E-state index contributed by atoms with van der Waals surface area (Å²) in [6.45, 7) is 0.0664. The summed E-state index contributed by atoms with van der Waals surface area (Å²) in [6, 6.07) is 12.4. The second-order valence-electron chi connectivity index (χ2n) is 5.50. The molecule has 0 unspecified atom stereocenters. The second kappa shape index (κ2) is 8.42. The third-order valence-corrected chi connectivity index (χ3v) is 5.09. The second-order valence-corrected chi connectivity index (χ2v) is 7.89. The highest BCUT2D eigenvalue weighted by Crippen LogP contribution is 2.18. The number of carbonyl (C=O) groups is 1. The molecule has 8 heteroatoms. The van der Waals surface area contributed by atoms with Crippen LogP contribution in [0.4, 0.5) is 10.1 Å². The first-order chi connectivity index (χ1) is 11.8. The molecule has 1 amide bonds. The number of carbonyl (C=O) groups excluding carboxylic acids is 1. The summed E-state index contributed by atoms with van der Waals surface area (Å²) in [5.41, 5.74) is 0.974. The van der Waals surface area contributed by atoms with E-state index < -0.39 is 21.7 Å². The molecule has 25 heavy (non-hydrogen) atoms. The van der Waals surface area contributed by atoms with Crippen LogP contribution in [0.25, 0.3) is 0 Å². The molecule has 134 valence electrons. The van der Waals surface area contributed by atoms with Gasteiger partial charge < -0.3 is 5.32 Å². The van der Waals surface area contributed by atoms with E-state index in [1.807, 2.05) is 0 Å². The zero-order valence-corrected chi connectivity index (χ0v) is 15.1. The molecule has 0 saturated heterocycles. The number of anilines is 1. The summed E-state index contributed by atoms with van der Waals surface area (Å²) in [7, 11) is -3.52. The Morgan fingerprint density at radius 1 is 1.20 bits per heavy atom. The highest BCUT2D eigenvalue weighted by atomic mass is 35.5. The zero-order valence-electron chi connectivity index (χ0n) is 13.6. The number of rotatable bonds is 7. The van der Waals surface area contributed by atoms with Gasteiger partial charge in [-0.1, -0.05) is 35.9 Å². The van der Waals surface area contributed by atoms with Gasteiger partial charge in [0.2, 0.25) is 15.9 Å². The predicted molar refractivity (Wildman–Crippen MR) is 96.4 cm³/mol. The lowest BCUT2D eigenvalue weighted by Crippen LogP contribution is -2.32. The molecule has 0 aromatic heterocycles. The number of hydrogen-bond donors (Lipinski definition) is 1. The topological polar surface area (TPSA) is 66.5 Å². The van der Waals surface area contributed by atoms with Gasteiger partial charge in [-0.15, -0.1) is 0 Å². The largest absolute Gasteiger partial charge is 0.326 e. The van der Waals surface area contributed by atoms with Crippen LogP contribution in [0.3, 0.4) is 0 Å². The molecule has 0 atom stereocenters. The summed E-state index contributed by atoms with van der Waals surface area (Å²) in [4.78, 5) is 12.0. The molecule has 2 rings (SSSR count). The SMILES string of the molecule is CS(=O)(=O)N(CCC(=O)Nc1cccc(F)c1)Cc1ccccc1Cl. The minimum atomic E-state index is -3.52. The summed E-state index contributed by atoms with van der Waals surface area (Å²) in [5, 5.41) is 3.00. The standard InChI is InChI=1S/C17H18ClFN2O3S/c1-25(23,24)21(12-13-5-2-3-8-16(13)18)10-9-17(22)20-15-7-4-6-14(19)11-15/h2-8,11H,9-10,12H2,1H3,(H,20,22). The zero-order chi connectivity index (χ0) is 18.4. The minimum Gasteiger partial charge on any atom is -0.326 e. The minimum absolute atomic E-state index is 0.00872. The smallest absolute Gasteiger partial charge is 0.225 e. The highest BCUT2D eigenvalue weighted by molar-refractivity contribution is 7.88. The van der Waals surface area contributed by atoms with E-state index in [2.05, 4.69) is 5.32 Å². The van der Waals surface area contributed by atoms with E-state index in [0.717, 1.165) is 6.26 Å². The lowest BCUT2D eigenvalue weighted by Gasteiger charge is -2.20. The Bertz CT molecular complexity index is 858. The van der Waals surface area contributed by atoms with Gasteiger partial charge in [-0.05, 0) is 29.8 Å². The average molecular weight is 385 g/mol. The lowest BCUT2D eigenvalue weighted by atomic mass is 10.2. The van der Waals surface area contributed by atoms with Crippen molar-refractivity contribution in [2.24, 2.45) is 0 Å². The molecule has 0 aliphatic rings. The van der Waals surface area contributed by atoms with Crippen molar-refractivity contribution >= 4 is 33.2 Å². The van der Waals surface area contributed by atoms with Gasteiger partial charge in [0.1, 0.15) is 5.82 Å². The Morgan fingerprint density at radius 2 is 1.92 bits per heavy atom. The summed E-state index contributed by atoms with van der Waals surface area (Å²) < 4.78 is 38.2. The van der Waals surface area contributed by atoms with E-state index >= 15 is 0 Å². The molecule has 0 spiro atoms. The molecule has 0 aliphatic heterocycles. The first-order valence-corrected chi connectivity index (χ1v) is 9.72. The first-order valence-electron chi connectivity index (χ1n) is 7.49. The first kappa shape index (κ1) is 19.4. The summed E-state index contributed by atoms with van der Waals surface area (Å²) >= 11 is 6.07. The average Bonchev–Trinajstić information content (AvgIpc) is 2.52. The Balaban J connectivity index is 2.01. The maximum atomic E-state index is 13.1. The molecule has 0 fully saturated rings. The number of amides is 1. The third kappa shape index (κ3) is 6.12. The van der Waals surface area contributed by atoms with Crippen molar-refractivity contribution in [3.63, 3.8) is 0 Å². The Hall–Kier alpha value is -1.96. The van der Waals surface area contributed by atoms with Crippen LogP contribution in [0.5, 0.6) is 0 Å². The van der Waals surface area contributed by atoms with Crippen LogP contribution in [-0.2, 0) is 21.4 Å². The summed E-state index contributed by atoms with van der Waals surface area (Å²) in [6.07, 6.45) is 1.02. The summed E-state index contributed by atoms with van der Waals surface area (Å²) in [5.74, 6) is -0.868. The number of sulfonamides is 1. The van der Waals surface area contributed by atoms with Gasteiger partial charge in [-0.3, -0.25) is 4.79 Å². The number of nitrogens with one attached hydrogen (secondary N) is 1. The molecule has 0 heterocycles. The van der Waals surface area contributed by atoms with Crippen molar-refractivity contribution in [1.29, 1.82) is 0 Å². The molecular weight excluding hydrogens is 367 g/mol. The van der Waals surface area contributed by atoms with Crippen LogP contribution < -0.4 is 5.32 Å². The fourth-order valence-corrected chi connectivity index (χ4v) is 3.19. The van der Waals surface area contributed by atoms with Gasteiger partial charge in [0, 0.05) is 30.2 Å². The van der Waals surface area contributed by atoms with E-state index in [1.54, 1.807) is 30.3 Å². The van der Waals surface area contributed by atoms with Gasteiger partial charge in [-0.2, -0.15) is 4.31 Å². The van der Waals surface area contributed by atoms with E-state index in [1.165, 1.54) is 22.5 Å². The molecule has 2 aromatic rings. The normalized spacial score (nSPS) is 11.5. The van der Waals surface area contributed by atoms with Gasteiger partial charge in [0.25, 0.3) is 0 Å². The van der Waals surface area contributed by atoms with Crippen molar-refractivity contribution in [2.75, 3.05) is 18.1 Å². The number of nitrogens with zero attached hydrogens (tertiary/aromatic N) is 1. The molecule has 0 radical (unpaired) electrons. The maximum Gasteiger partial charge on any atom is 0.225 e. The molecule has 0 saturated carbocycles. The van der Waals surface area contributed by atoms with E-state index in [4.69, 9.17) is 11.6 Å². The number of halogens is 2.